The van der Waals surface area contributed by atoms with Gasteiger partial charge >= 0.3 is 11.9 Å². The fourth-order valence-electron chi connectivity index (χ4n) is 5.27. The Morgan fingerprint density at radius 2 is 1.50 bits per heavy atom. The molecule has 0 spiro atoms. The standard InChI is InChI=1S/C24H26F3N3O2.C4H4O4/c1-29-23(31)13-3-2-4-14(7-13)24(32)30-17-5-6-18(30)9-16(8-17)22(28)11-15-10-20(26)21(27)12-19(15)25;5-3(6)1-2-4(7)8/h2-4,7,10,12,16-18,22H,5-6,8-9,11,28H2,1H3,(H,29,31);1-2H,(H,5,6)(H,7,8)/b;2-1-/t16?,17?,18?,22-;/m1./s1. The Labute approximate surface area is 228 Å². The molecule has 2 saturated heterocycles. The Kier molecular flexibility index (Phi) is 10.1. The van der Waals surface area contributed by atoms with Crippen molar-refractivity contribution in [3.05, 3.63) is 82.7 Å². The highest BCUT2D eigenvalue weighted by molar-refractivity contribution is 6.00. The molecule has 2 fully saturated rings. The molecule has 40 heavy (non-hydrogen) atoms. The number of rotatable bonds is 7. The molecule has 2 aliphatic rings. The highest BCUT2D eigenvalue weighted by Crippen LogP contribution is 2.41. The van der Waals surface area contributed by atoms with Crippen LogP contribution in [0, 0.1) is 23.4 Å². The minimum absolute atomic E-state index is 0.00996. The molecular formula is C28H30F3N3O6. The summed E-state index contributed by atoms with van der Waals surface area (Å²) in [7, 11) is 1.54. The van der Waals surface area contributed by atoms with Gasteiger partial charge in [-0.2, -0.15) is 0 Å². The van der Waals surface area contributed by atoms with Gasteiger partial charge in [-0.25, -0.2) is 22.8 Å². The van der Waals surface area contributed by atoms with Crippen LogP contribution in [0.25, 0.3) is 0 Å². The number of hydrogen-bond acceptors (Lipinski definition) is 5. The second-order valence-electron chi connectivity index (χ2n) is 9.72. The van der Waals surface area contributed by atoms with Gasteiger partial charge in [0.25, 0.3) is 11.8 Å². The molecule has 214 valence electrons. The highest BCUT2D eigenvalue weighted by atomic mass is 19.2. The number of piperidine rings is 1. The van der Waals surface area contributed by atoms with Gasteiger partial charge in [-0.1, -0.05) is 6.07 Å². The van der Waals surface area contributed by atoms with Crippen LogP contribution in [-0.4, -0.2) is 64.0 Å². The van der Waals surface area contributed by atoms with E-state index in [0.717, 1.165) is 18.9 Å². The summed E-state index contributed by atoms with van der Waals surface area (Å²) in [4.78, 5) is 46.2. The Hall–Kier alpha value is -4.19. The summed E-state index contributed by atoms with van der Waals surface area (Å²) < 4.78 is 40.8. The molecule has 3 atom stereocenters. The van der Waals surface area contributed by atoms with E-state index in [2.05, 4.69) is 5.32 Å². The Morgan fingerprint density at radius 1 is 0.950 bits per heavy atom. The fourth-order valence-corrected chi connectivity index (χ4v) is 5.27. The number of halogens is 3. The monoisotopic (exact) mass is 561 g/mol. The molecule has 0 aromatic heterocycles. The summed E-state index contributed by atoms with van der Waals surface area (Å²) in [6.07, 6.45) is 4.27. The van der Waals surface area contributed by atoms with Crippen molar-refractivity contribution >= 4 is 23.8 Å². The number of nitrogens with two attached hydrogens (primary N) is 1. The summed E-state index contributed by atoms with van der Waals surface area (Å²) in [5.74, 6) is -5.94. The minimum Gasteiger partial charge on any atom is -0.478 e. The first kappa shape index (κ1) is 30.4. The van der Waals surface area contributed by atoms with Gasteiger partial charge in [0.1, 0.15) is 5.82 Å². The van der Waals surface area contributed by atoms with Gasteiger partial charge < -0.3 is 26.2 Å². The minimum atomic E-state index is -1.26. The van der Waals surface area contributed by atoms with Gasteiger partial charge in [-0.05, 0) is 67.9 Å². The molecule has 0 saturated carbocycles. The molecule has 4 rings (SSSR count). The topological polar surface area (TPSA) is 150 Å². The van der Waals surface area contributed by atoms with E-state index in [1.165, 1.54) is 7.05 Å². The van der Waals surface area contributed by atoms with E-state index >= 15 is 0 Å². The number of hydrogen-bond donors (Lipinski definition) is 4. The zero-order valence-corrected chi connectivity index (χ0v) is 21.6. The van der Waals surface area contributed by atoms with E-state index in [9.17, 15) is 32.3 Å². The number of nitrogens with zero attached hydrogens (tertiary/aromatic N) is 1. The van der Waals surface area contributed by atoms with Gasteiger partial charge in [0.2, 0.25) is 0 Å². The lowest BCUT2D eigenvalue weighted by molar-refractivity contribution is -0.134. The number of benzene rings is 2. The van der Waals surface area contributed by atoms with Gasteiger partial charge in [0.05, 0.1) is 0 Å². The third kappa shape index (κ3) is 7.47. The number of aliphatic carboxylic acids is 2. The molecule has 0 radical (unpaired) electrons. The van der Waals surface area contributed by atoms with Crippen LogP contribution in [0.15, 0.2) is 48.6 Å². The third-order valence-corrected chi connectivity index (χ3v) is 7.12. The Bertz CT molecular complexity index is 1290. The van der Waals surface area contributed by atoms with Crippen molar-refractivity contribution in [1.29, 1.82) is 0 Å². The van der Waals surface area contributed by atoms with Crippen LogP contribution in [0.3, 0.4) is 0 Å². The first-order valence-corrected chi connectivity index (χ1v) is 12.6. The summed E-state index contributed by atoms with van der Waals surface area (Å²) >= 11 is 0. The van der Waals surface area contributed by atoms with Crippen LogP contribution in [0.4, 0.5) is 13.2 Å². The maximum Gasteiger partial charge on any atom is 0.328 e. The Morgan fingerprint density at radius 3 is 2.05 bits per heavy atom. The lowest BCUT2D eigenvalue weighted by atomic mass is 9.82. The summed E-state index contributed by atoms with van der Waals surface area (Å²) in [5.41, 5.74) is 7.32. The predicted octanol–water partition coefficient (Wildman–Crippen LogP) is 3.13. The van der Waals surface area contributed by atoms with E-state index in [4.69, 9.17) is 15.9 Å². The number of fused-ring (bicyclic) bond motifs is 2. The first-order chi connectivity index (χ1) is 18.9. The molecule has 2 aliphatic heterocycles. The molecule has 2 aromatic carbocycles. The van der Waals surface area contributed by atoms with E-state index in [1.54, 1.807) is 24.3 Å². The van der Waals surface area contributed by atoms with Crippen molar-refractivity contribution in [3.63, 3.8) is 0 Å². The molecule has 2 unspecified atom stereocenters. The zero-order valence-electron chi connectivity index (χ0n) is 21.6. The van der Waals surface area contributed by atoms with Crippen molar-refractivity contribution in [2.24, 2.45) is 11.7 Å². The normalized spacial score (nSPS) is 20.4. The average molecular weight is 562 g/mol. The second-order valence-corrected chi connectivity index (χ2v) is 9.72. The van der Waals surface area contributed by atoms with Crippen LogP contribution in [0.5, 0.6) is 0 Å². The van der Waals surface area contributed by atoms with Crippen molar-refractivity contribution < 1.29 is 42.6 Å². The molecule has 2 heterocycles. The predicted molar refractivity (Wildman–Crippen MR) is 138 cm³/mol. The molecule has 5 N–H and O–H groups in total. The number of amides is 2. The third-order valence-electron chi connectivity index (χ3n) is 7.12. The van der Waals surface area contributed by atoms with Crippen molar-refractivity contribution in [3.8, 4) is 0 Å². The number of carbonyl (C=O) groups excluding carboxylic acids is 2. The smallest absolute Gasteiger partial charge is 0.328 e. The molecule has 0 aliphatic carbocycles. The van der Waals surface area contributed by atoms with Gasteiger partial charge in [-0.3, -0.25) is 9.59 Å². The number of carboxylic acid groups (broad SMARTS) is 2. The zero-order chi connectivity index (χ0) is 29.6. The maximum atomic E-state index is 14.1. The van der Waals surface area contributed by atoms with E-state index in [-0.39, 0.29) is 41.8 Å². The number of carboxylic acids is 2. The molecular weight excluding hydrogens is 531 g/mol. The summed E-state index contributed by atoms with van der Waals surface area (Å²) in [6, 6.07) is 7.68. The fraction of sp³-hybridized carbons (Fsp3) is 0.357. The summed E-state index contributed by atoms with van der Waals surface area (Å²) in [5, 5.41) is 18.2. The van der Waals surface area contributed by atoms with E-state index in [1.807, 2.05) is 4.90 Å². The van der Waals surface area contributed by atoms with Crippen molar-refractivity contribution in [2.45, 2.75) is 50.2 Å². The van der Waals surface area contributed by atoms with Crippen molar-refractivity contribution in [1.82, 2.24) is 10.2 Å². The quantitative estimate of drug-likeness (QED) is 0.300. The molecule has 2 bridgehead atoms. The van der Waals surface area contributed by atoms with Gasteiger partial charge in [0, 0.05) is 54.5 Å². The first-order valence-electron chi connectivity index (χ1n) is 12.6. The van der Waals surface area contributed by atoms with Crippen LogP contribution in [0.2, 0.25) is 0 Å². The van der Waals surface area contributed by atoms with Gasteiger partial charge in [0.15, 0.2) is 11.6 Å². The molecule has 2 amide bonds. The van der Waals surface area contributed by atoms with E-state index < -0.39 is 35.4 Å². The lowest BCUT2D eigenvalue weighted by Crippen LogP contribution is -2.50. The van der Waals surface area contributed by atoms with Crippen LogP contribution in [0.1, 0.15) is 52.0 Å². The number of nitrogens with one attached hydrogen (secondary N) is 1. The second kappa shape index (κ2) is 13.2. The van der Waals surface area contributed by atoms with Gasteiger partial charge in [-0.15, -0.1) is 0 Å². The van der Waals surface area contributed by atoms with Crippen LogP contribution >= 0.6 is 0 Å². The largest absolute Gasteiger partial charge is 0.478 e. The van der Waals surface area contributed by atoms with Crippen molar-refractivity contribution in [2.75, 3.05) is 7.05 Å². The molecule has 12 heteroatoms. The van der Waals surface area contributed by atoms with E-state index in [0.29, 0.717) is 42.2 Å². The van der Waals surface area contributed by atoms with Crippen LogP contribution < -0.4 is 11.1 Å². The Balaban J connectivity index is 0.000000482. The maximum absolute atomic E-state index is 14.1. The highest BCUT2D eigenvalue weighted by Gasteiger charge is 2.44. The summed E-state index contributed by atoms with van der Waals surface area (Å²) in [6.45, 7) is 0. The molecule has 2 aromatic rings. The molecule has 9 nitrogen and oxygen atoms in total. The van der Waals surface area contributed by atoms with Crippen LogP contribution in [-0.2, 0) is 16.0 Å². The average Bonchev–Trinajstić information content (AvgIpc) is 3.18. The lowest BCUT2D eigenvalue weighted by Gasteiger charge is -2.41. The SMILES string of the molecule is CNC(=O)c1cccc(C(=O)N2C3CCC2CC([C@H](N)Cc2cc(F)c(F)cc2F)C3)c1.O=C(O)/C=C\C(=O)O. The number of carbonyl (C=O) groups is 4.